The van der Waals surface area contributed by atoms with Crippen LogP contribution in [0.2, 0.25) is 0 Å². The average molecular weight is 313 g/mol. The van der Waals surface area contributed by atoms with Gasteiger partial charge in [-0.25, -0.2) is 12.7 Å². The fourth-order valence-electron chi connectivity index (χ4n) is 1.68. The number of carboxylic acids is 1. The minimum absolute atomic E-state index is 0.0377. The number of carbonyl (C=O) groups excluding carboxylic acids is 1. The van der Waals surface area contributed by atoms with Gasteiger partial charge < -0.3 is 5.11 Å². The zero-order chi connectivity index (χ0) is 16.2. The molecule has 0 unspecified atom stereocenters. The van der Waals surface area contributed by atoms with Gasteiger partial charge in [0.1, 0.15) is 0 Å². The molecule has 0 aliphatic heterocycles. The van der Waals surface area contributed by atoms with Crippen LogP contribution in [0.25, 0.3) is 0 Å². The lowest BCUT2D eigenvalue weighted by Crippen LogP contribution is -2.29. The van der Waals surface area contributed by atoms with Crippen LogP contribution in [-0.4, -0.2) is 43.2 Å². The Hall–Kier alpha value is -1.73. The second-order valence-corrected chi connectivity index (χ2v) is 7.06. The normalized spacial score (nSPS) is 11.9. The lowest BCUT2D eigenvalue weighted by atomic mass is 10.0. The van der Waals surface area contributed by atoms with Gasteiger partial charge >= 0.3 is 5.97 Å². The fourth-order valence-corrected chi connectivity index (χ4v) is 2.85. The van der Waals surface area contributed by atoms with E-state index in [4.69, 9.17) is 5.11 Å². The summed E-state index contributed by atoms with van der Waals surface area (Å²) in [5, 5.41) is 8.59. The number of hydrogen-bond donors (Lipinski definition) is 1. The quantitative estimate of drug-likeness (QED) is 0.772. The van der Waals surface area contributed by atoms with Crippen LogP contribution in [0.4, 0.5) is 0 Å². The summed E-state index contributed by atoms with van der Waals surface area (Å²) in [6.07, 6.45) is -0.264. The Morgan fingerprint density at radius 3 is 2.14 bits per heavy atom. The number of benzene rings is 1. The molecule has 6 nitrogen and oxygen atoms in total. The molecule has 0 aromatic heterocycles. The molecule has 1 N–H and O–H groups in total. The Morgan fingerprint density at radius 2 is 1.71 bits per heavy atom. The SMILES string of the molecule is CC(C)C(=O)c1ccc(S(=O)(=O)N(C)CCC(=O)O)cc1. The molecule has 7 heteroatoms. The highest BCUT2D eigenvalue weighted by Gasteiger charge is 2.21. The highest BCUT2D eigenvalue weighted by atomic mass is 32.2. The van der Waals surface area contributed by atoms with Gasteiger partial charge in [0.2, 0.25) is 10.0 Å². The van der Waals surface area contributed by atoms with Crippen LogP contribution >= 0.6 is 0 Å². The Morgan fingerprint density at radius 1 is 1.19 bits per heavy atom. The molecular formula is C14H19NO5S. The van der Waals surface area contributed by atoms with E-state index in [1.54, 1.807) is 13.8 Å². The summed E-state index contributed by atoms with van der Waals surface area (Å²) in [5.41, 5.74) is 0.456. The van der Waals surface area contributed by atoms with Crippen molar-refractivity contribution < 1.29 is 23.1 Å². The second kappa shape index (κ2) is 6.82. The topological polar surface area (TPSA) is 91.8 Å². The van der Waals surface area contributed by atoms with Crippen molar-refractivity contribution in [1.82, 2.24) is 4.31 Å². The molecule has 0 bridgehead atoms. The highest BCUT2D eigenvalue weighted by Crippen LogP contribution is 2.17. The van der Waals surface area contributed by atoms with Crippen molar-refractivity contribution >= 4 is 21.8 Å². The maximum Gasteiger partial charge on any atom is 0.304 e. The first-order chi connectivity index (χ1) is 9.66. The van der Waals surface area contributed by atoms with Crippen molar-refractivity contribution in [3.63, 3.8) is 0 Å². The van der Waals surface area contributed by atoms with Crippen LogP contribution in [0.15, 0.2) is 29.2 Å². The molecule has 21 heavy (non-hydrogen) atoms. The van der Waals surface area contributed by atoms with Crippen molar-refractivity contribution in [2.24, 2.45) is 5.92 Å². The Kier molecular flexibility index (Phi) is 5.62. The number of carbonyl (C=O) groups is 2. The first-order valence-corrected chi connectivity index (χ1v) is 7.92. The Labute approximate surface area is 124 Å². The van der Waals surface area contributed by atoms with Gasteiger partial charge in [-0.2, -0.15) is 0 Å². The molecule has 0 aliphatic carbocycles. The van der Waals surface area contributed by atoms with E-state index in [2.05, 4.69) is 0 Å². The summed E-state index contributed by atoms with van der Waals surface area (Å²) < 4.78 is 25.4. The van der Waals surface area contributed by atoms with Crippen molar-refractivity contribution in [2.45, 2.75) is 25.2 Å². The number of sulfonamides is 1. The van der Waals surface area contributed by atoms with E-state index in [1.165, 1.54) is 31.3 Å². The lowest BCUT2D eigenvalue weighted by molar-refractivity contribution is -0.137. The smallest absolute Gasteiger partial charge is 0.304 e. The molecule has 0 spiro atoms. The van der Waals surface area contributed by atoms with Gasteiger partial charge in [0.25, 0.3) is 0 Å². The summed E-state index contributed by atoms with van der Waals surface area (Å²) >= 11 is 0. The lowest BCUT2D eigenvalue weighted by Gasteiger charge is -2.16. The summed E-state index contributed by atoms with van der Waals surface area (Å²) in [6, 6.07) is 5.67. The van der Waals surface area contributed by atoms with Crippen LogP contribution in [0.1, 0.15) is 30.6 Å². The van der Waals surface area contributed by atoms with Crippen LogP contribution < -0.4 is 0 Å². The van der Waals surface area contributed by atoms with Gasteiger partial charge in [-0.15, -0.1) is 0 Å². The molecule has 1 aromatic rings. The van der Waals surface area contributed by atoms with Crippen molar-refractivity contribution in [3.8, 4) is 0 Å². The third-order valence-electron chi connectivity index (χ3n) is 3.01. The van der Waals surface area contributed by atoms with Gasteiger partial charge in [0.15, 0.2) is 5.78 Å². The molecule has 0 radical (unpaired) electrons. The minimum Gasteiger partial charge on any atom is -0.481 e. The summed E-state index contributed by atoms with van der Waals surface area (Å²) in [6.45, 7) is 3.43. The number of nitrogens with zero attached hydrogens (tertiary/aromatic N) is 1. The number of carboxylic acid groups (broad SMARTS) is 1. The van der Waals surface area contributed by atoms with Crippen LogP contribution in [0, 0.1) is 5.92 Å². The predicted octanol–water partition coefficient (Wildman–Crippen LogP) is 1.62. The molecule has 0 heterocycles. The molecule has 0 fully saturated rings. The molecule has 116 valence electrons. The van der Waals surface area contributed by atoms with E-state index >= 15 is 0 Å². The van der Waals surface area contributed by atoms with Crippen LogP contribution in [0.5, 0.6) is 0 Å². The highest BCUT2D eigenvalue weighted by molar-refractivity contribution is 7.89. The van der Waals surface area contributed by atoms with Gasteiger partial charge in [-0.1, -0.05) is 26.0 Å². The monoisotopic (exact) mass is 313 g/mol. The number of hydrogen-bond acceptors (Lipinski definition) is 4. The van der Waals surface area contributed by atoms with E-state index in [0.29, 0.717) is 5.56 Å². The summed E-state index contributed by atoms with van der Waals surface area (Å²) in [7, 11) is -2.41. The molecule has 1 aromatic carbocycles. The molecule has 0 atom stereocenters. The standard InChI is InChI=1S/C14H19NO5S/c1-10(2)14(18)11-4-6-12(7-5-11)21(19,20)15(3)9-8-13(16)17/h4-7,10H,8-9H2,1-3H3,(H,16,17). The van der Waals surface area contributed by atoms with E-state index in [9.17, 15) is 18.0 Å². The molecule has 1 rings (SSSR count). The zero-order valence-electron chi connectivity index (χ0n) is 12.2. The van der Waals surface area contributed by atoms with Crippen LogP contribution in [-0.2, 0) is 14.8 Å². The van der Waals surface area contributed by atoms with E-state index in [0.717, 1.165) is 4.31 Å². The maximum atomic E-state index is 12.2. The van der Waals surface area contributed by atoms with Crippen LogP contribution in [0.3, 0.4) is 0 Å². The molecule has 0 saturated heterocycles. The number of ketones is 1. The van der Waals surface area contributed by atoms with E-state index < -0.39 is 16.0 Å². The van der Waals surface area contributed by atoms with Crippen molar-refractivity contribution in [1.29, 1.82) is 0 Å². The first-order valence-electron chi connectivity index (χ1n) is 6.48. The largest absolute Gasteiger partial charge is 0.481 e. The maximum absolute atomic E-state index is 12.2. The molecular weight excluding hydrogens is 294 g/mol. The van der Waals surface area contributed by atoms with Crippen molar-refractivity contribution in [2.75, 3.05) is 13.6 Å². The van der Waals surface area contributed by atoms with Gasteiger partial charge in [-0.05, 0) is 12.1 Å². The Balaban J connectivity index is 2.94. The summed E-state index contributed by atoms with van der Waals surface area (Å²) in [4.78, 5) is 22.3. The molecule has 0 aliphatic rings. The van der Waals surface area contributed by atoms with E-state index in [-0.39, 0.29) is 29.6 Å². The average Bonchev–Trinajstić information content (AvgIpc) is 2.43. The number of Topliss-reactive ketones (excluding diaryl/α,β-unsaturated/α-hetero) is 1. The van der Waals surface area contributed by atoms with Gasteiger partial charge in [0, 0.05) is 25.1 Å². The molecule has 0 amide bonds. The second-order valence-electron chi connectivity index (χ2n) is 5.01. The number of rotatable bonds is 7. The predicted molar refractivity (Wildman–Crippen MR) is 77.7 cm³/mol. The van der Waals surface area contributed by atoms with Crippen molar-refractivity contribution in [3.05, 3.63) is 29.8 Å². The first kappa shape index (κ1) is 17.3. The third-order valence-corrected chi connectivity index (χ3v) is 4.88. The third kappa shape index (κ3) is 4.37. The fraction of sp³-hybridized carbons (Fsp3) is 0.429. The minimum atomic E-state index is -3.74. The molecule has 0 saturated carbocycles. The van der Waals surface area contributed by atoms with Gasteiger partial charge in [-0.3, -0.25) is 9.59 Å². The Bertz CT molecular complexity index is 619. The van der Waals surface area contributed by atoms with E-state index in [1.807, 2.05) is 0 Å². The summed E-state index contributed by atoms with van der Waals surface area (Å²) in [5.74, 6) is -1.28. The number of aliphatic carboxylic acids is 1. The van der Waals surface area contributed by atoms with Gasteiger partial charge in [0.05, 0.1) is 11.3 Å². The zero-order valence-corrected chi connectivity index (χ0v) is 13.1.